The van der Waals surface area contributed by atoms with Crippen molar-refractivity contribution >= 4 is 46.5 Å². The molecule has 204 valence electrons. The molecule has 37 heavy (non-hydrogen) atoms. The third-order valence-electron chi connectivity index (χ3n) is 3.62. The standard InChI is InChI=1S/C8H5NO2.C7H7NO2.C6H7N.3C2H6.ClH2NO/c10-7-5-3-1-2-4-6(5)9-8(7)11;8-6-4-2-1-3-5(6)7(9)10;7-6-4-2-1-3-5-6;3*1-2;1-2-3/h1-4H,(H,9,10,11);1-4H,8H2,(H,9,10);1-5H,7H2;3*1-2H3;2-3H. The van der Waals surface area contributed by atoms with Gasteiger partial charge in [0.2, 0.25) is 0 Å². The molecule has 1 amide bonds. The lowest BCUT2D eigenvalue weighted by atomic mass is 10.1. The van der Waals surface area contributed by atoms with Crippen molar-refractivity contribution in [1.29, 1.82) is 0 Å². The number of hydrogen-bond donors (Lipinski definition) is 6. The summed E-state index contributed by atoms with van der Waals surface area (Å²) < 4.78 is 0. The molecule has 8 N–H and O–H groups in total. The second kappa shape index (κ2) is 25.2. The molecule has 1 aliphatic heterocycles. The summed E-state index contributed by atoms with van der Waals surface area (Å²) in [6, 6.07) is 22.7. The van der Waals surface area contributed by atoms with Gasteiger partial charge in [0.15, 0.2) is 0 Å². The van der Waals surface area contributed by atoms with Crippen molar-refractivity contribution in [1.82, 2.24) is 5.00 Å². The lowest BCUT2D eigenvalue weighted by Crippen LogP contribution is -2.12. The number of ketones is 1. The number of hydrogen-bond acceptors (Lipinski definition) is 7. The van der Waals surface area contributed by atoms with Gasteiger partial charge in [-0.25, -0.2) is 4.79 Å². The van der Waals surface area contributed by atoms with Crippen molar-refractivity contribution in [3.63, 3.8) is 0 Å². The number of nitrogens with one attached hydrogen (secondary N) is 2. The van der Waals surface area contributed by atoms with Crippen LogP contribution in [0.2, 0.25) is 0 Å². The predicted molar refractivity (Wildman–Crippen MR) is 153 cm³/mol. The van der Waals surface area contributed by atoms with E-state index in [1.54, 1.807) is 42.5 Å². The number of halogens is 1. The monoisotopic (exact) mass is 534 g/mol. The highest BCUT2D eigenvalue weighted by molar-refractivity contribution is 6.51. The molecule has 0 fully saturated rings. The number of fused-ring (bicyclic) bond motifs is 1. The number of carboxylic acids is 1. The predicted octanol–water partition coefficient (Wildman–Crippen LogP) is 6.25. The molecule has 10 heteroatoms. The Morgan fingerprint density at radius 1 is 0.784 bits per heavy atom. The number of nitrogens with two attached hydrogens (primary N) is 2. The molecule has 0 aliphatic carbocycles. The average Bonchev–Trinajstić information content (AvgIpc) is 3.22. The fourth-order valence-corrected chi connectivity index (χ4v) is 2.24. The Kier molecular flexibility index (Phi) is 25.6. The van der Waals surface area contributed by atoms with Crippen LogP contribution in [-0.2, 0) is 4.79 Å². The van der Waals surface area contributed by atoms with Crippen molar-refractivity contribution < 1.29 is 24.7 Å². The Hall–Kier alpha value is -3.92. The average molecular weight is 535 g/mol. The van der Waals surface area contributed by atoms with E-state index in [2.05, 4.69) is 17.1 Å². The third kappa shape index (κ3) is 16.4. The Morgan fingerprint density at radius 2 is 1.22 bits per heavy atom. The fraction of sp³-hybridized carbons (Fsp3) is 0.222. The van der Waals surface area contributed by atoms with E-state index < -0.39 is 17.7 Å². The number of para-hydroxylation sites is 3. The molecule has 0 spiro atoms. The quantitative estimate of drug-likeness (QED) is 0.0920. The number of anilines is 3. The summed E-state index contributed by atoms with van der Waals surface area (Å²) in [5.74, 6) is -1.97. The number of carboxylic acid groups (broad SMARTS) is 1. The first-order valence-electron chi connectivity index (χ1n) is 11.6. The minimum Gasteiger partial charge on any atom is -0.478 e. The van der Waals surface area contributed by atoms with Gasteiger partial charge in [-0.05, 0) is 36.4 Å². The number of benzene rings is 3. The zero-order valence-electron chi connectivity index (χ0n) is 22.2. The van der Waals surface area contributed by atoms with Gasteiger partial charge in [-0.2, -0.15) is 0 Å². The Morgan fingerprint density at radius 3 is 1.59 bits per heavy atom. The van der Waals surface area contributed by atoms with Crippen LogP contribution >= 0.6 is 11.8 Å². The molecule has 0 radical (unpaired) electrons. The molecule has 0 unspecified atom stereocenters. The lowest BCUT2D eigenvalue weighted by molar-refractivity contribution is -0.112. The van der Waals surface area contributed by atoms with Crippen molar-refractivity contribution in [3.8, 4) is 0 Å². The van der Waals surface area contributed by atoms with Gasteiger partial charge in [0.1, 0.15) is 0 Å². The molecule has 0 saturated carbocycles. The highest BCUT2D eigenvalue weighted by Gasteiger charge is 2.26. The smallest absolute Gasteiger partial charge is 0.337 e. The van der Waals surface area contributed by atoms with E-state index in [1.807, 2.05) is 71.9 Å². The first-order valence-corrected chi connectivity index (χ1v) is 12.0. The van der Waals surface area contributed by atoms with Gasteiger partial charge in [-0.1, -0.05) is 84.0 Å². The molecule has 0 aromatic heterocycles. The van der Waals surface area contributed by atoms with E-state index in [0.29, 0.717) is 16.9 Å². The van der Waals surface area contributed by atoms with Crippen molar-refractivity contribution in [3.05, 3.63) is 90.0 Å². The summed E-state index contributed by atoms with van der Waals surface area (Å²) in [5, 5.41) is 18.0. The summed E-state index contributed by atoms with van der Waals surface area (Å²) in [7, 11) is 0. The van der Waals surface area contributed by atoms with E-state index >= 15 is 0 Å². The second-order valence-corrected chi connectivity index (χ2v) is 5.89. The van der Waals surface area contributed by atoms with Gasteiger partial charge >= 0.3 is 5.97 Å². The molecule has 3 aromatic rings. The van der Waals surface area contributed by atoms with Gasteiger partial charge in [-0.15, -0.1) is 5.00 Å². The molecular weight excluding hydrogens is 496 g/mol. The summed E-state index contributed by atoms with van der Waals surface area (Å²) in [6.07, 6.45) is 0. The Bertz CT molecular complexity index is 1020. The number of amides is 1. The first kappa shape index (κ1) is 37.6. The largest absolute Gasteiger partial charge is 0.478 e. The summed E-state index contributed by atoms with van der Waals surface area (Å²) in [4.78, 5) is 33.3. The van der Waals surface area contributed by atoms with Crippen molar-refractivity contribution in [2.24, 2.45) is 0 Å². The Labute approximate surface area is 224 Å². The van der Waals surface area contributed by atoms with Gasteiger partial charge in [0, 0.05) is 23.2 Å². The normalized spacial score (nSPS) is 9.41. The summed E-state index contributed by atoms with van der Waals surface area (Å²) in [5.41, 5.74) is 13.1. The van der Waals surface area contributed by atoms with Crippen molar-refractivity contribution in [2.75, 3.05) is 16.8 Å². The van der Waals surface area contributed by atoms with E-state index in [9.17, 15) is 14.4 Å². The minimum atomic E-state index is -0.988. The summed E-state index contributed by atoms with van der Waals surface area (Å²) >= 11 is 4.30. The zero-order chi connectivity index (χ0) is 29.2. The van der Waals surface area contributed by atoms with Gasteiger partial charge in [-0.3, -0.25) is 9.59 Å². The molecule has 0 atom stereocenters. The zero-order valence-corrected chi connectivity index (χ0v) is 22.9. The maximum absolute atomic E-state index is 11.0. The van der Waals surface area contributed by atoms with Gasteiger partial charge in [0.05, 0.1) is 16.8 Å². The topological polar surface area (TPSA) is 168 Å². The van der Waals surface area contributed by atoms with Crippen LogP contribution < -0.4 is 21.8 Å². The van der Waals surface area contributed by atoms with Crippen LogP contribution in [-0.4, -0.2) is 28.0 Å². The molecule has 0 bridgehead atoms. The van der Waals surface area contributed by atoms with Crippen LogP contribution in [0.5, 0.6) is 0 Å². The third-order valence-corrected chi connectivity index (χ3v) is 3.62. The van der Waals surface area contributed by atoms with Crippen LogP contribution in [0, 0.1) is 0 Å². The number of nitrogen functional groups attached to an aromatic ring is 2. The highest BCUT2D eigenvalue weighted by atomic mass is 35.5. The first-order chi connectivity index (χ1) is 17.8. The lowest BCUT2D eigenvalue weighted by Gasteiger charge is -1.96. The maximum atomic E-state index is 11.0. The van der Waals surface area contributed by atoms with Crippen LogP contribution in [0.4, 0.5) is 17.1 Å². The highest BCUT2D eigenvalue weighted by Crippen LogP contribution is 2.21. The molecule has 4 rings (SSSR count). The van der Waals surface area contributed by atoms with Crippen LogP contribution in [0.25, 0.3) is 0 Å². The SMILES string of the molecule is CC.CC.CC.Nc1ccccc1.Nc1ccccc1C(=O)O.O=C1Nc2ccccc2C1=O.ONCl. The number of Topliss-reactive ketones (excluding diaryl/α,β-unsaturated/α-hetero) is 1. The molecule has 0 saturated heterocycles. The Balaban J connectivity index is -0.000000411. The van der Waals surface area contributed by atoms with E-state index in [0.717, 1.165) is 5.69 Å². The second-order valence-electron chi connectivity index (χ2n) is 5.72. The molecule has 1 aliphatic rings. The number of carbonyl (C=O) groups is 3. The molecule has 3 aromatic carbocycles. The van der Waals surface area contributed by atoms with E-state index in [1.165, 1.54) is 11.1 Å². The molecule has 1 heterocycles. The number of carbonyl (C=O) groups excluding carboxylic acids is 2. The number of rotatable bonds is 1. The minimum absolute atomic E-state index is 0.155. The number of aromatic carboxylic acids is 1. The summed E-state index contributed by atoms with van der Waals surface area (Å²) in [6.45, 7) is 12.0. The van der Waals surface area contributed by atoms with Gasteiger partial charge < -0.3 is 27.1 Å². The van der Waals surface area contributed by atoms with E-state index in [-0.39, 0.29) is 5.56 Å². The van der Waals surface area contributed by atoms with E-state index in [4.69, 9.17) is 21.8 Å². The van der Waals surface area contributed by atoms with Gasteiger partial charge in [0.25, 0.3) is 11.7 Å². The van der Waals surface area contributed by atoms with Crippen LogP contribution in [0.1, 0.15) is 62.3 Å². The van der Waals surface area contributed by atoms with Crippen LogP contribution in [0.3, 0.4) is 0 Å². The van der Waals surface area contributed by atoms with Crippen molar-refractivity contribution in [2.45, 2.75) is 41.5 Å². The van der Waals surface area contributed by atoms with Crippen LogP contribution in [0.15, 0.2) is 78.9 Å². The fourth-order valence-electron chi connectivity index (χ4n) is 2.24. The molecular formula is C27H39ClN4O5. The molecule has 9 nitrogen and oxygen atoms in total. The maximum Gasteiger partial charge on any atom is 0.337 e.